The lowest BCUT2D eigenvalue weighted by Crippen LogP contribution is -2.37. The van der Waals surface area contributed by atoms with Gasteiger partial charge in [0.1, 0.15) is 5.52 Å². The second kappa shape index (κ2) is 3.92. The van der Waals surface area contributed by atoms with Crippen LogP contribution in [0.2, 0.25) is 0 Å². The Hall–Kier alpha value is -1.68. The zero-order chi connectivity index (χ0) is 13.6. The van der Waals surface area contributed by atoms with Gasteiger partial charge in [-0.05, 0) is 30.0 Å². The number of aromatic nitrogens is 3. The van der Waals surface area contributed by atoms with E-state index in [1.54, 1.807) is 6.92 Å². The van der Waals surface area contributed by atoms with E-state index in [1.165, 1.54) is 4.68 Å². The van der Waals surface area contributed by atoms with E-state index in [-0.39, 0.29) is 5.41 Å². The number of aliphatic hydroxyl groups is 1. The Kier molecular flexibility index (Phi) is 2.78. The topological polar surface area (TPSA) is 50.9 Å². The minimum absolute atomic E-state index is 0.212. The van der Waals surface area contributed by atoms with Crippen LogP contribution in [0.25, 0.3) is 11.0 Å². The van der Waals surface area contributed by atoms with E-state index in [4.69, 9.17) is 0 Å². The lowest BCUT2D eigenvalue weighted by Gasteiger charge is -2.34. The van der Waals surface area contributed by atoms with Crippen LogP contribution in [0.3, 0.4) is 0 Å². The van der Waals surface area contributed by atoms with Gasteiger partial charge in [0.15, 0.2) is 5.72 Å². The molecule has 0 aliphatic rings. The average Bonchev–Trinajstić information content (AvgIpc) is 2.71. The molecule has 1 unspecified atom stereocenters. The molecule has 4 heteroatoms. The minimum atomic E-state index is -1.26. The molecule has 18 heavy (non-hydrogen) atoms. The fourth-order valence-electron chi connectivity index (χ4n) is 2.03. The maximum absolute atomic E-state index is 10.7. The normalized spacial score (nSPS) is 15.6. The van der Waals surface area contributed by atoms with Crippen molar-refractivity contribution in [1.82, 2.24) is 15.0 Å². The second-order valence-electron chi connectivity index (χ2n) is 5.74. The van der Waals surface area contributed by atoms with Gasteiger partial charge in [-0.15, -0.1) is 5.10 Å². The van der Waals surface area contributed by atoms with Gasteiger partial charge in [0.25, 0.3) is 0 Å². The van der Waals surface area contributed by atoms with Crippen LogP contribution in [0.4, 0.5) is 0 Å². The third-order valence-electron chi connectivity index (χ3n) is 3.24. The lowest BCUT2D eigenvalue weighted by atomic mass is 9.81. The zero-order valence-electron chi connectivity index (χ0n) is 11.3. The Bertz CT molecular complexity index is 590. The molecule has 1 aromatic carbocycles. The second-order valence-corrected chi connectivity index (χ2v) is 5.74. The highest BCUT2D eigenvalue weighted by Crippen LogP contribution is 2.36. The SMILES string of the molecule is C=C(C(C)(C)C)C(C)(O)n1nnc2ccccc21. The molecular formula is C14H19N3O. The van der Waals surface area contributed by atoms with E-state index in [1.807, 2.05) is 45.0 Å². The molecule has 0 amide bonds. The van der Waals surface area contributed by atoms with Crippen LogP contribution in [0.15, 0.2) is 36.4 Å². The minimum Gasteiger partial charge on any atom is -0.366 e. The summed E-state index contributed by atoms with van der Waals surface area (Å²) >= 11 is 0. The van der Waals surface area contributed by atoms with Crippen molar-refractivity contribution in [3.8, 4) is 0 Å². The van der Waals surface area contributed by atoms with Crippen LogP contribution in [0, 0.1) is 5.41 Å². The Morgan fingerprint density at radius 2 is 1.83 bits per heavy atom. The standard InChI is InChI=1S/C14H19N3O/c1-10(13(2,3)4)14(5,18)17-12-9-7-6-8-11(12)15-16-17/h6-9,18H,1H2,2-5H3. The predicted molar refractivity (Wildman–Crippen MR) is 72.0 cm³/mol. The molecule has 0 spiro atoms. The van der Waals surface area contributed by atoms with Crippen molar-refractivity contribution in [2.75, 3.05) is 0 Å². The molecular weight excluding hydrogens is 226 g/mol. The smallest absolute Gasteiger partial charge is 0.179 e. The number of benzene rings is 1. The van der Waals surface area contributed by atoms with Crippen molar-refractivity contribution < 1.29 is 5.11 Å². The molecule has 1 atom stereocenters. The van der Waals surface area contributed by atoms with E-state index in [9.17, 15) is 5.11 Å². The Morgan fingerprint density at radius 1 is 1.22 bits per heavy atom. The van der Waals surface area contributed by atoms with Crippen molar-refractivity contribution in [2.24, 2.45) is 5.41 Å². The predicted octanol–water partition coefficient (Wildman–Crippen LogP) is 2.70. The molecule has 2 rings (SSSR count). The summed E-state index contributed by atoms with van der Waals surface area (Å²) in [4.78, 5) is 0. The zero-order valence-corrected chi connectivity index (χ0v) is 11.3. The Labute approximate surface area is 107 Å². The van der Waals surface area contributed by atoms with Crippen LogP contribution in [-0.2, 0) is 5.72 Å². The molecule has 0 radical (unpaired) electrons. The molecule has 0 bridgehead atoms. The quantitative estimate of drug-likeness (QED) is 0.828. The van der Waals surface area contributed by atoms with Crippen LogP contribution in [0.5, 0.6) is 0 Å². The Morgan fingerprint density at radius 3 is 2.44 bits per heavy atom. The van der Waals surface area contributed by atoms with Gasteiger partial charge in [0.05, 0.1) is 5.52 Å². The summed E-state index contributed by atoms with van der Waals surface area (Å²) in [5.41, 5.74) is 0.795. The van der Waals surface area contributed by atoms with Crippen molar-refractivity contribution in [3.05, 3.63) is 36.4 Å². The molecule has 0 aliphatic heterocycles. The first-order valence-corrected chi connectivity index (χ1v) is 5.98. The van der Waals surface area contributed by atoms with Crippen molar-refractivity contribution >= 4 is 11.0 Å². The summed E-state index contributed by atoms with van der Waals surface area (Å²) in [5, 5.41) is 18.9. The first-order chi connectivity index (χ1) is 8.24. The molecule has 1 heterocycles. The van der Waals surface area contributed by atoms with Gasteiger partial charge in [0, 0.05) is 0 Å². The van der Waals surface area contributed by atoms with Gasteiger partial charge >= 0.3 is 0 Å². The highest BCUT2D eigenvalue weighted by atomic mass is 16.3. The molecule has 0 aliphatic carbocycles. The Balaban J connectivity index is 2.57. The fraction of sp³-hybridized carbons (Fsp3) is 0.429. The van der Waals surface area contributed by atoms with E-state index < -0.39 is 5.72 Å². The number of fused-ring (bicyclic) bond motifs is 1. The number of hydrogen-bond acceptors (Lipinski definition) is 3. The first kappa shape index (κ1) is 12.8. The molecule has 0 saturated carbocycles. The lowest BCUT2D eigenvalue weighted by molar-refractivity contribution is -0.00454. The van der Waals surface area contributed by atoms with E-state index >= 15 is 0 Å². The molecule has 2 aromatic rings. The van der Waals surface area contributed by atoms with Crippen LogP contribution >= 0.6 is 0 Å². The molecule has 0 saturated heterocycles. The van der Waals surface area contributed by atoms with Crippen molar-refractivity contribution in [2.45, 2.75) is 33.4 Å². The first-order valence-electron chi connectivity index (χ1n) is 5.98. The fourth-order valence-corrected chi connectivity index (χ4v) is 2.03. The molecule has 4 nitrogen and oxygen atoms in total. The number of nitrogens with zero attached hydrogens (tertiary/aromatic N) is 3. The number of hydrogen-bond donors (Lipinski definition) is 1. The molecule has 1 aromatic heterocycles. The third kappa shape index (κ3) is 1.93. The summed E-state index contributed by atoms with van der Waals surface area (Å²) in [6.07, 6.45) is 0. The number of rotatable bonds is 2. The van der Waals surface area contributed by atoms with Crippen LogP contribution < -0.4 is 0 Å². The highest BCUT2D eigenvalue weighted by molar-refractivity contribution is 5.74. The summed E-state index contributed by atoms with van der Waals surface area (Å²) in [6.45, 7) is 11.8. The molecule has 0 fully saturated rings. The average molecular weight is 245 g/mol. The van der Waals surface area contributed by atoms with Crippen molar-refractivity contribution in [1.29, 1.82) is 0 Å². The van der Waals surface area contributed by atoms with Crippen LogP contribution in [-0.4, -0.2) is 20.1 Å². The van der Waals surface area contributed by atoms with Gasteiger partial charge < -0.3 is 5.11 Å². The van der Waals surface area contributed by atoms with Crippen molar-refractivity contribution in [3.63, 3.8) is 0 Å². The van der Waals surface area contributed by atoms with Crippen LogP contribution in [0.1, 0.15) is 27.7 Å². The van der Waals surface area contributed by atoms with Gasteiger partial charge in [0.2, 0.25) is 0 Å². The molecule has 96 valence electrons. The van der Waals surface area contributed by atoms with Gasteiger partial charge in [-0.3, -0.25) is 0 Å². The summed E-state index contributed by atoms with van der Waals surface area (Å²) in [7, 11) is 0. The van der Waals surface area contributed by atoms with Gasteiger partial charge in [-0.2, -0.15) is 0 Å². The maximum atomic E-state index is 10.7. The largest absolute Gasteiger partial charge is 0.366 e. The van der Waals surface area contributed by atoms with E-state index in [2.05, 4.69) is 16.9 Å². The summed E-state index contributed by atoms with van der Waals surface area (Å²) in [6, 6.07) is 7.56. The third-order valence-corrected chi connectivity index (χ3v) is 3.24. The van der Waals surface area contributed by atoms with Gasteiger partial charge in [-0.25, -0.2) is 4.68 Å². The summed E-state index contributed by atoms with van der Waals surface area (Å²) in [5.74, 6) is 0. The monoisotopic (exact) mass is 245 g/mol. The van der Waals surface area contributed by atoms with E-state index in [0.717, 1.165) is 11.0 Å². The summed E-state index contributed by atoms with van der Waals surface area (Å²) < 4.78 is 1.52. The highest BCUT2D eigenvalue weighted by Gasteiger charge is 2.35. The number of para-hydroxylation sites is 1. The van der Waals surface area contributed by atoms with Gasteiger partial charge in [-0.1, -0.05) is 44.7 Å². The maximum Gasteiger partial charge on any atom is 0.179 e. The molecule has 1 N–H and O–H groups in total. The van der Waals surface area contributed by atoms with E-state index in [0.29, 0.717) is 5.57 Å².